The second kappa shape index (κ2) is 17.2. The summed E-state index contributed by atoms with van der Waals surface area (Å²) >= 11 is 0. The summed E-state index contributed by atoms with van der Waals surface area (Å²) in [6, 6.07) is 0. The zero-order valence-electron chi connectivity index (χ0n) is 23.5. The Morgan fingerprint density at radius 2 is 1.76 bits per heavy atom. The highest BCUT2D eigenvalue weighted by Crippen LogP contribution is 2.39. The Kier molecular flexibility index (Phi) is 14.1. The van der Waals surface area contributed by atoms with Gasteiger partial charge in [-0.05, 0) is 90.4 Å². The molecule has 0 spiro atoms. The van der Waals surface area contributed by atoms with Gasteiger partial charge in [-0.3, -0.25) is 4.79 Å². The van der Waals surface area contributed by atoms with E-state index in [9.17, 15) is 9.90 Å². The monoisotopic (exact) mass is 534 g/mol. The Morgan fingerprint density at radius 1 is 1.03 bits per heavy atom. The number of ether oxygens (including phenoxy) is 4. The molecule has 7 atom stereocenters. The van der Waals surface area contributed by atoms with Crippen LogP contribution in [-0.2, 0) is 23.7 Å². The van der Waals surface area contributed by atoms with Crippen molar-refractivity contribution in [1.82, 2.24) is 0 Å². The number of carbonyl (C=O) groups is 1. The van der Waals surface area contributed by atoms with Crippen molar-refractivity contribution >= 4 is 5.97 Å². The van der Waals surface area contributed by atoms with E-state index in [4.69, 9.17) is 24.1 Å². The van der Waals surface area contributed by atoms with Crippen LogP contribution in [0.1, 0.15) is 97.3 Å². The second-order valence-corrected chi connectivity index (χ2v) is 11.2. The minimum absolute atomic E-state index is 0.0277. The van der Waals surface area contributed by atoms with Crippen LogP contribution in [0.25, 0.3) is 0 Å². The number of aliphatic carboxylic acids is 1. The van der Waals surface area contributed by atoms with Gasteiger partial charge in [-0.15, -0.1) is 0 Å². The molecular weight excluding hydrogens is 484 g/mol. The number of aliphatic hydroxyl groups is 1. The normalized spacial score (nSPS) is 31.1. The molecule has 1 aliphatic carbocycles. The molecule has 1 saturated carbocycles. The van der Waals surface area contributed by atoms with Crippen LogP contribution in [0.5, 0.6) is 0 Å². The molecule has 2 saturated heterocycles. The molecular formula is C31H50O7. The van der Waals surface area contributed by atoms with Crippen LogP contribution in [0, 0.1) is 11.8 Å². The van der Waals surface area contributed by atoms with Crippen molar-refractivity contribution in [3.05, 3.63) is 36.0 Å². The first kappa shape index (κ1) is 31.0. The Bertz CT molecular complexity index is 760. The number of aliphatic hydroxyl groups excluding tert-OH is 1. The summed E-state index contributed by atoms with van der Waals surface area (Å²) in [5.74, 6) is -0.694. The van der Waals surface area contributed by atoms with Gasteiger partial charge in [0.2, 0.25) is 0 Å². The highest BCUT2D eigenvalue weighted by Gasteiger charge is 2.42. The van der Waals surface area contributed by atoms with Gasteiger partial charge in [-0.2, -0.15) is 0 Å². The minimum Gasteiger partial charge on any atom is -0.481 e. The standard InChI is InChI=1S/C31H50O7/c1-23(2)12-11-13-24(37-30-16-7-9-20-35-30)18-19-26-25(14-5-3-4-6-15-29(33)34)27(32)22-28(26)38-31-17-8-10-21-36-31/h3,5,12,18-19,24-28,30-32H,4,6-11,13-17,20-22H2,1-2H3,(H,33,34)/b5-3-,19-18+/t24-,25+,26+,27-,28+,30?,31?/m0/s1. The van der Waals surface area contributed by atoms with Crippen LogP contribution in [0.2, 0.25) is 0 Å². The highest BCUT2D eigenvalue weighted by atomic mass is 16.7. The van der Waals surface area contributed by atoms with Crippen molar-refractivity contribution in [3.63, 3.8) is 0 Å². The molecule has 0 amide bonds. The zero-order chi connectivity index (χ0) is 27.2. The van der Waals surface area contributed by atoms with E-state index in [1.54, 1.807) is 0 Å². The van der Waals surface area contributed by atoms with E-state index in [0.29, 0.717) is 12.8 Å². The van der Waals surface area contributed by atoms with Gasteiger partial charge in [0, 0.05) is 32.0 Å². The summed E-state index contributed by atoms with van der Waals surface area (Å²) in [6.07, 6.45) is 20.6. The first-order valence-corrected chi connectivity index (χ1v) is 14.8. The van der Waals surface area contributed by atoms with Crippen molar-refractivity contribution in [2.45, 2.75) is 128 Å². The molecule has 0 aromatic rings. The third kappa shape index (κ3) is 11.3. The van der Waals surface area contributed by atoms with Crippen LogP contribution >= 0.6 is 0 Å². The van der Waals surface area contributed by atoms with Gasteiger partial charge >= 0.3 is 5.97 Å². The average molecular weight is 535 g/mol. The van der Waals surface area contributed by atoms with Crippen molar-refractivity contribution in [1.29, 1.82) is 0 Å². The van der Waals surface area contributed by atoms with Crippen LogP contribution in [0.3, 0.4) is 0 Å². The Balaban J connectivity index is 1.69. The number of rotatable bonds is 15. The molecule has 7 heteroatoms. The zero-order valence-corrected chi connectivity index (χ0v) is 23.5. The van der Waals surface area contributed by atoms with E-state index < -0.39 is 12.1 Å². The first-order chi connectivity index (χ1) is 18.4. The molecule has 3 rings (SSSR count). The molecule has 2 aliphatic heterocycles. The molecule has 0 aromatic carbocycles. The van der Waals surface area contributed by atoms with Gasteiger partial charge in [0.15, 0.2) is 12.6 Å². The number of unbranched alkanes of at least 4 members (excludes halogenated alkanes) is 1. The fraction of sp³-hybridized carbons (Fsp3) is 0.774. The Hall–Kier alpha value is -1.51. The molecule has 2 unspecified atom stereocenters. The molecule has 7 nitrogen and oxygen atoms in total. The van der Waals surface area contributed by atoms with Gasteiger partial charge in [0.1, 0.15) is 0 Å². The summed E-state index contributed by atoms with van der Waals surface area (Å²) < 4.78 is 24.6. The molecule has 2 heterocycles. The summed E-state index contributed by atoms with van der Waals surface area (Å²) in [5, 5.41) is 19.9. The molecule has 2 N–H and O–H groups in total. The maximum atomic E-state index is 11.0. The van der Waals surface area contributed by atoms with Crippen molar-refractivity contribution in [3.8, 4) is 0 Å². The molecule has 3 aliphatic rings. The second-order valence-electron chi connectivity index (χ2n) is 11.2. The van der Waals surface area contributed by atoms with Crippen LogP contribution in [0.4, 0.5) is 0 Å². The SMILES string of the molecule is CC(C)=CCC[C@@H](/C=C/[C@@H]1[C@@H](C/C=C\CCCC(=O)O)[C@@H](O)C[C@H]1OC1CCCCO1)OC1CCCCO1. The fourth-order valence-corrected chi connectivity index (χ4v) is 5.60. The lowest BCUT2D eigenvalue weighted by atomic mass is 9.89. The third-order valence-corrected chi connectivity index (χ3v) is 7.71. The summed E-state index contributed by atoms with van der Waals surface area (Å²) in [6.45, 7) is 5.71. The molecule has 0 radical (unpaired) electrons. The molecule has 38 heavy (non-hydrogen) atoms. The number of hydrogen-bond acceptors (Lipinski definition) is 6. The van der Waals surface area contributed by atoms with Gasteiger partial charge in [-0.25, -0.2) is 0 Å². The van der Waals surface area contributed by atoms with E-state index >= 15 is 0 Å². The quantitative estimate of drug-likeness (QED) is 0.188. The van der Waals surface area contributed by atoms with E-state index in [2.05, 4.69) is 38.2 Å². The maximum Gasteiger partial charge on any atom is 0.303 e. The predicted octanol–water partition coefficient (Wildman–Crippen LogP) is 6.31. The third-order valence-electron chi connectivity index (χ3n) is 7.71. The van der Waals surface area contributed by atoms with E-state index in [1.165, 1.54) is 5.57 Å². The van der Waals surface area contributed by atoms with Gasteiger partial charge in [-0.1, -0.05) is 36.0 Å². The van der Waals surface area contributed by atoms with Crippen LogP contribution in [-0.4, -0.2) is 60.3 Å². The summed E-state index contributed by atoms with van der Waals surface area (Å²) in [5.41, 5.74) is 1.30. The topological polar surface area (TPSA) is 94.5 Å². The Labute approximate surface area is 229 Å². The lowest BCUT2D eigenvalue weighted by Gasteiger charge is -2.30. The lowest BCUT2D eigenvalue weighted by molar-refractivity contribution is -0.193. The van der Waals surface area contributed by atoms with Crippen molar-refractivity contribution < 1.29 is 34.0 Å². The predicted molar refractivity (Wildman–Crippen MR) is 148 cm³/mol. The number of hydrogen-bond donors (Lipinski definition) is 2. The fourth-order valence-electron chi connectivity index (χ4n) is 5.60. The smallest absolute Gasteiger partial charge is 0.303 e. The summed E-state index contributed by atoms with van der Waals surface area (Å²) in [7, 11) is 0. The molecule has 0 aromatic heterocycles. The van der Waals surface area contributed by atoms with Gasteiger partial charge in [0.05, 0.1) is 18.3 Å². The summed E-state index contributed by atoms with van der Waals surface area (Å²) in [4.78, 5) is 10.8. The Morgan fingerprint density at radius 3 is 2.42 bits per heavy atom. The highest BCUT2D eigenvalue weighted by molar-refractivity contribution is 5.66. The average Bonchev–Trinajstić information content (AvgIpc) is 3.18. The van der Waals surface area contributed by atoms with E-state index in [0.717, 1.165) is 77.4 Å². The van der Waals surface area contributed by atoms with Crippen molar-refractivity contribution in [2.24, 2.45) is 11.8 Å². The van der Waals surface area contributed by atoms with Crippen LogP contribution < -0.4 is 0 Å². The van der Waals surface area contributed by atoms with Gasteiger partial charge < -0.3 is 29.2 Å². The molecule has 3 fully saturated rings. The maximum absolute atomic E-state index is 11.0. The first-order valence-electron chi connectivity index (χ1n) is 14.8. The molecule has 216 valence electrons. The largest absolute Gasteiger partial charge is 0.481 e. The van der Waals surface area contributed by atoms with E-state index in [1.807, 2.05) is 6.08 Å². The number of carboxylic acid groups (broad SMARTS) is 1. The molecule has 0 bridgehead atoms. The van der Waals surface area contributed by atoms with Crippen LogP contribution in [0.15, 0.2) is 36.0 Å². The number of carboxylic acids is 1. The number of allylic oxidation sites excluding steroid dienone is 4. The lowest BCUT2D eigenvalue weighted by Crippen LogP contribution is -2.31. The van der Waals surface area contributed by atoms with E-state index in [-0.39, 0.29) is 43.0 Å². The minimum atomic E-state index is -0.764. The van der Waals surface area contributed by atoms with Gasteiger partial charge in [0.25, 0.3) is 0 Å². The van der Waals surface area contributed by atoms with Crippen molar-refractivity contribution in [2.75, 3.05) is 13.2 Å².